The molecule has 0 aromatic heterocycles. The minimum absolute atomic E-state index is 0.683. The van der Waals surface area contributed by atoms with Crippen molar-refractivity contribution in [2.45, 2.75) is 12.8 Å². The Kier molecular flexibility index (Phi) is 2.40. The summed E-state index contributed by atoms with van der Waals surface area (Å²) in [4.78, 5) is 14.5. The zero-order valence-electron chi connectivity index (χ0n) is 7.78. The molecule has 1 N–H and O–H groups in total. The van der Waals surface area contributed by atoms with Crippen molar-refractivity contribution in [3.8, 4) is 0 Å². The normalized spacial score (nSPS) is 24.8. The van der Waals surface area contributed by atoms with Gasteiger partial charge in [0.25, 0.3) is 0 Å². The molecule has 0 aromatic carbocycles. The van der Waals surface area contributed by atoms with Crippen molar-refractivity contribution in [3.05, 3.63) is 0 Å². The third kappa shape index (κ3) is 2.34. The summed E-state index contributed by atoms with van der Waals surface area (Å²) in [5.74, 6) is 0.913. The molecule has 2 aliphatic rings. The lowest BCUT2D eigenvalue weighted by Gasteiger charge is -2.32. The lowest BCUT2D eigenvalue weighted by Crippen LogP contribution is -2.48. The van der Waals surface area contributed by atoms with Crippen LogP contribution in [0, 0.1) is 5.92 Å². The van der Waals surface area contributed by atoms with Gasteiger partial charge in [0.2, 0.25) is 0 Å². The number of piperazine rings is 1. The van der Waals surface area contributed by atoms with Gasteiger partial charge in [0.05, 0.1) is 0 Å². The van der Waals surface area contributed by atoms with Gasteiger partial charge in [-0.15, -0.1) is 0 Å². The number of carbonyl (C=O) groups is 1. The van der Waals surface area contributed by atoms with Gasteiger partial charge in [0.15, 0.2) is 0 Å². The predicted octanol–water partition coefficient (Wildman–Crippen LogP) is 0.692. The number of hydrogen-bond acceptors (Lipinski definition) is 2. The van der Waals surface area contributed by atoms with Crippen molar-refractivity contribution >= 4 is 6.09 Å². The largest absolute Gasteiger partial charge is 0.465 e. The predicted molar refractivity (Wildman–Crippen MR) is 48.8 cm³/mol. The van der Waals surface area contributed by atoms with E-state index >= 15 is 0 Å². The van der Waals surface area contributed by atoms with Crippen LogP contribution in [0.4, 0.5) is 4.79 Å². The van der Waals surface area contributed by atoms with Crippen molar-refractivity contribution in [1.82, 2.24) is 9.80 Å². The van der Waals surface area contributed by atoms with E-state index in [-0.39, 0.29) is 0 Å². The molecule has 0 spiro atoms. The van der Waals surface area contributed by atoms with Gasteiger partial charge in [-0.25, -0.2) is 4.79 Å². The molecule has 1 saturated carbocycles. The smallest absolute Gasteiger partial charge is 0.407 e. The number of nitrogens with zero attached hydrogens (tertiary/aromatic N) is 2. The fourth-order valence-corrected chi connectivity index (χ4v) is 1.79. The summed E-state index contributed by atoms with van der Waals surface area (Å²) >= 11 is 0. The van der Waals surface area contributed by atoms with Crippen LogP contribution < -0.4 is 0 Å². The molecule has 4 heteroatoms. The van der Waals surface area contributed by atoms with Gasteiger partial charge in [-0.2, -0.15) is 0 Å². The second-order valence-corrected chi connectivity index (χ2v) is 4.01. The van der Waals surface area contributed by atoms with Crippen LogP contribution in [0.15, 0.2) is 0 Å². The van der Waals surface area contributed by atoms with Crippen LogP contribution >= 0.6 is 0 Å². The standard InChI is InChI=1S/C9H16N2O2/c12-9(13)11-5-3-10(4-6-11)7-8-1-2-8/h8H,1-7H2,(H,12,13). The van der Waals surface area contributed by atoms with E-state index < -0.39 is 6.09 Å². The summed E-state index contributed by atoms with van der Waals surface area (Å²) in [5, 5.41) is 8.73. The first-order valence-electron chi connectivity index (χ1n) is 4.96. The van der Waals surface area contributed by atoms with Crippen molar-refractivity contribution in [1.29, 1.82) is 0 Å². The van der Waals surface area contributed by atoms with Crippen molar-refractivity contribution in [3.63, 3.8) is 0 Å². The third-order valence-electron chi connectivity index (χ3n) is 2.86. The van der Waals surface area contributed by atoms with Crippen LogP contribution in [0.5, 0.6) is 0 Å². The summed E-state index contributed by atoms with van der Waals surface area (Å²) in [6, 6.07) is 0. The van der Waals surface area contributed by atoms with Gasteiger partial charge in [-0.1, -0.05) is 0 Å². The average Bonchev–Trinajstić information content (AvgIpc) is 2.89. The Labute approximate surface area is 78.1 Å². The van der Waals surface area contributed by atoms with E-state index in [0.717, 1.165) is 19.0 Å². The highest BCUT2D eigenvalue weighted by atomic mass is 16.4. The minimum atomic E-state index is -0.772. The second-order valence-electron chi connectivity index (χ2n) is 4.01. The molecule has 2 fully saturated rings. The van der Waals surface area contributed by atoms with E-state index in [1.807, 2.05) is 0 Å². The van der Waals surface area contributed by atoms with E-state index in [4.69, 9.17) is 5.11 Å². The maximum Gasteiger partial charge on any atom is 0.407 e. The molecule has 74 valence electrons. The Morgan fingerprint density at radius 2 is 1.85 bits per heavy atom. The molecule has 0 unspecified atom stereocenters. The summed E-state index contributed by atoms with van der Waals surface area (Å²) < 4.78 is 0. The maximum absolute atomic E-state index is 10.6. The third-order valence-corrected chi connectivity index (χ3v) is 2.86. The molecule has 0 atom stereocenters. The summed E-state index contributed by atoms with van der Waals surface area (Å²) in [5.41, 5.74) is 0. The molecule has 1 amide bonds. The molecular weight excluding hydrogens is 168 g/mol. The lowest BCUT2D eigenvalue weighted by atomic mass is 10.3. The zero-order valence-corrected chi connectivity index (χ0v) is 7.78. The van der Waals surface area contributed by atoms with Crippen LogP contribution in [-0.2, 0) is 0 Å². The van der Waals surface area contributed by atoms with E-state index in [0.29, 0.717) is 13.1 Å². The first-order valence-corrected chi connectivity index (χ1v) is 4.96. The molecule has 0 bridgehead atoms. The highest BCUT2D eigenvalue weighted by molar-refractivity contribution is 5.65. The maximum atomic E-state index is 10.6. The lowest BCUT2D eigenvalue weighted by molar-refractivity contribution is 0.104. The molecule has 0 radical (unpaired) electrons. The van der Waals surface area contributed by atoms with Gasteiger partial charge in [-0.05, 0) is 18.8 Å². The Hall–Kier alpha value is -0.770. The van der Waals surface area contributed by atoms with E-state index in [2.05, 4.69) is 4.90 Å². The first-order chi connectivity index (χ1) is 6.25. The SMILES string of the molecule is O=C(O)N1CCN(CC2CC2)CC1. The summed E-state index contributed by atoms with van der Waals surface area (Å²) in [6.07, 6.45) is 1.98. The van der Waals surface area contributed by atoms with E-state index in [1.165, 1.54) is 24.3 Å². The number of rotatable bonds is 2. The molecule has 4 nitrogen and oxygen atoms in total. The van der Waals surface area contributed by atoms with Crippen LogP contribution in [-0.4, -0.2) is 53.7 Å². The van der Waals surface area contributed by atoms with Gasteiger partial charge in [-0.3, -0.25) is 4.90 Å². The van der Waals surface area contributed by atoms with Crippen molar-refractivity contribution < 1.29 is 9.90 Å². The average molecular weight is 184 g/mol. The molecule has 13 heavy (non-hydrogen) atoms. The number of amides is 1. The highest BCUT2D eigenvalue weighted by Crippen LogP contribution is 2.29. The fraction of sp³-hybridized carbons (Fsp3) is 0.889. The Morgan fingerprint density at radius 1 is 1.23 bits per heavy atom. The molecule has 2 rings (SSSR count). The summed E-state index contributed by atoms with van der Waals surface area (Å²) in [6.45, 7) is 4.39. The zero-order chi connectivity index (χ0) is 9.26. The van der Waals surface area contributed by atoms with Crippen LogP contribution in [0.2, 0.25) is 0 Å². The number of hydrogen-bond donors (Lipinski definition) is 1. The summed E-state index contributed by atoms with van der Waals surface area (Å²) in [7, 11) is 0. The van der Waals surface area contributed by atoms with Crippen LogP contribution in [0.25, 0.3) is 0 Å². The molecule has 1 aliphatic heterocycles. The van der Waals surface area contributed by atoms with Gasteiger partial charge in [0, 0.05) is 32.7 Å². The molecule has 1 heterocycles. The van der Waals surface area contributed by atoms with Crippen LogP contribution in [0.3, 0.4) is 0 Å². The minimum Gasteiger partial charge on any atom is -0.465 e. The van der Waals surface area contributed by atoms with Crippen LogP contribution in [0.1, 0.15) is 12.8 Å². The van der Waals surface area contributed by atoms with Gasteiger partial charge < -0.3 is 10.0 Å². The highest BCUT2D eigenvalue weighted by Gasteiger charge is 2.27. The van der Waals surface area contributed by atoms with Gasteiger partial charge in [0.1, 0.15) is 0 Å². The Bertz CT molecular complexity index is 196. The topological polar surface area (TPSA) is 43.8 Å². The molecule has 1 aliphatic carbocycles. The number of carboxylic acid groups (broad SMARTS) is 1. The molecular formula is C9H16N2O2. The van der Waals surface area contributed by atoms with E-state index in [9.17, 15) is 4.79 Å². The van der Waals surface area contributed by atoms with Crippen molar-refractivity contribution in [2.24, 2.45) is 5.92 Å². The molecule has 0 aromatic rings. The fourth-order valence-electron chi connectivity index (χ4n) is 1.79. The monoisotopic (exact) mass is 184 g/mol. The van der Waals surface area contributed by atoms with Crippen molar-refractivity contribution in [2.75, 3.05) is 32.7 Å². The second kappa shape index (κ2) is 3.54. The first kappa shape index (κ1) is 8.81. The quantitative estimate of drug-likeness (QED) is 0.686. The Morgan fingerprint density at radius 3 is 2.31 bits per heavy atom. The van der Waals surface area contributed by atoms with Gasteiger partial charge >= 0.3 is 6.09 Å². The van der Waals surface area contributed by atoms with E-state index in [1.54, 1.807) is 0 Å². The Balaban J connectivity index is 1.71. The molecule has 1 saturated heterocycles.